The smallest absolute Gasteiger partial charge is 0.168 e. The maximum atomic E-state index is 5.23. The summed E-state index contributed by atoms with van der Waals surface area (Å²) in [6.45, 7) is 4.61. The standard InChI is InChI=1S/C45H28N4/c1-45(2)37-18-10-9-15-32(37)33-22-20-26(24-38(33)45)43-47-41-35-17-8-7-16-34(35)40-39(41)44(49-43)48-42(46-40)25-19-21-31-29-13-4-3-11-27(29)28-12-5-6-14-30(28)36(31)23-25/h3-24H,1-2H3. The minimum absolute atomic E-state index is 0.115. The molecular formula is C45H28N4. The lowest BCUT2D eigenvalue weighted by Crippen LogP contribution is -2.15. The van der Waals surface area contributed by atoms with E-state index in [1.165, 1.54) is 54.6 Å². The van der Waals surface area contributed by atoms with Crippen LogP contribution in [0.5, 0.6) is 0 Å². The molecule has 0 unspecified atom stereocenters. The summed E-state index contributed by atoms with van der Waals surface area (Å²) in [6, 6.07) is 47.8. The topological polar surface area (TPSA) is 51.6 Å². The Balaban J connectivity index is 1.14. The van der Waals surface area contributed by atoms with Crippen LogP contribution in [-0.2, 0) is 5.41 Å². The van der Waals surface area contributed by atoms with E-state index in [0.717, 1.165) is 39.0 Å². The van der Waals surface area contributed by atoms with Crippen LogP contribution in [0.15, 0.2) is 133 Å². The number of fused-ring (bicyclic) bond motifs is 12. The molecule has 2 heterocycles. The average molecular weight is 625 g/mol. The minimum atomic E-state index is -0.115. The van der Waals surface area contributed by atoms with Crippen molar-refractivity contribution in [1.82, 2.24) is 19.9 Å². The minimum Gasteiger partial charge on any atom is -0.227 e. The first kappa shape index (κ1) is 26.8. The summed E-state index contributed by atoms with van der Waals surface area (Å²) < 4.78 is 0. The second-order valence-electron chi connectivity index (χ2n) is 13.8. The fourth-order valence-electron chi connectivity index (χ4n) is 8.47. The van der Waals surface area contributed by atoms with Crippen molar-refractivity contribution < 1.29 is 0 Å². The lowest BCUT2D eigenvalue weighted by Gasteiger charge is -2.21. The monoisotopic (exact) mass is 624 g/mol. The third-order valence-electron chi connectivity index (χ3n) is 10.8. The van der Waals surface area contributed by atoms with Crippen molar-refractivity contribution in [3.05, 3.63) is 145 Å². The van der Waals surface area contributed by atoms with E-state index in [2.05, 4.69) is 147 Å². The molecule has 9 aromatic rings. The molecule has 0 fully saturated rings. The van der Waals surface area contributed by atoms with Crippen LogP contribution < -0.4 is 0 Å². The van der Waals surface area contributed by atoms with E-state index in [9.17, 15) is 0 Å². The Morgan fingerprint density at radius 1 is 0.388 bits per heavy atom. The molecule has 11 rings (SSSR count). The Morgan fingerprint density at radius 2 is 0.857 bits per heavy atom. The van der Waals surface area contributed by atoms with Crippen LogP contribution in [0.4, 0.5) is 0 Å². The second-order valence-corrected chi connectivity index (χ2v) is 13.8. The van der Waals surface area contributed by atoms with Gasteiger partial charge in [-0.15, -0.1) is 0 Å². The van der Waals surface area contributed by atoms with E-state index in [1.807, 2.05) is 0 Å². The van der Waals surface area contributed by atoms with Gasteiger partial charge in [-0.25, -0.2) is 19.9 Å². The number of hydrogen-bond acceptors (Lipinski definition) is 4. The maximum absolute atomic E-state index is 5.23. The van der Waals surface area contributed by atoms with Gasteiger partial charge in [0, 0.05) is 27.7 Å². The zero-order valence-electron chi connectivity index (χ0n) is 27.0. The zero-order chi connectivity index (χ0) is 32.4. The molecule has 0 N–H and O–H groups in total. The van der Waals surface area contributed by atoms with Gasteiger partial charge in [-0.1, -0.05) is 135 Å². The van der Waals surface area contributed by atoms with Crippen molar-refractivity contribution >= 4 is 43.4 Å². The summed E-state index contributed by atoms with van der Waals surface area (Å²) >= 11 is 0. The van der Waals surface area contributed by atoms with Gasteiger partial charge in [-0.05, 0) is 66.7 Å². The number of aromatic nitrogens is 4. The van der Waals surface area contributed by atoms with Crippen molar-refractivity contribution in [2.45, 2.75) is 19.3 Å². The highest BCUT2D eigenvalue weighted by Gasteiger charge is 2.36. The molecule has 4 heteroatoms. The molecule has 0 amide bonds. The van der Waals surface area contributed by atoms with Crippen LogP contribution in [0.1, 0.15) is 25.0 Å². The molecule has 2 aliphatic carbocycles. The van der Waals surface area contributed by atoms with Gasteiger partial charge in [-0.2, -0.15) is 0 Å². The summed E-state index contributed by atoms with van der Waals surface area (Å²) in [7, 11) is 0. The Morgan fingerprint density at radius 3 is 1.49 bits per heavy atom. The Kier molecular flexibility index (Phi) is 5.15. The molecule has 0 saturated carbocycles. The van der Waals surface area contributed by atoms with Crippen molar-refractivity contribution in [2.75, 3.05) is 0 Å². The maximum Gasteiger partial charge on any atom is 0.168 e. The van der Waals surface area contributed by atoms with E-state index in [4.69, 9.17) is 19.9 Å². The van der Waals surface area contributed by atoms with Crippen LogP contribution in [-0.4, -0.2) is 19.9 Å². The predicted molar refractivity (Wildman–Crippen MR) is 201 cm³/mol. The molecule has 0 atom stereocenters. The van der Waals surface area contributed by atoms with E-state index < -0.39 is 0 Å². The fraction of sp³-hybridized carbons (Fsp3) is 0.0667. The van der Waals surface area contributed by atoms with Gasteiger partial charge in [0.05, 0.1) is 16.8 Å². The van der Waals surface area contributed by atoms with Crippen molar-refractivity contribution in [3.63, 3.8) is 0 Å². The summed E-state index contributed by atoms with van der Waals surface area (Å²) in [6.07, 6.45) is 0. The SMILES string of the molecule is CC1(C)c2ccccc2-c2ccc(-c3nc4c5c(nc(-c6ccc7c8ccccc8c8ccccc8c7c6)nc5n3)-c3ccccc3-4)cc21. The molecule has 228 valence electrons. The lowest BCUT2D eigenvalue weighted by molar-refractivity contribution is 0.660. The van der Waals surface area contributed by atoms with Crippen molar-refractivity contribution in [1.29, 1.82) is 0 Å². The van der Waals surface area contributed by atoms with Gasteiger partial charge in [0.25, 0.3) is 0 Å². The lowest BCUT2D eigenvalue weighted by atomic mass is 9.82. The van der Waals surface area contributed by atoms with Gasteiger partial charge >= 0.3 is 0 Å². The van der Waals surface area contributed by atoms with Gasteiger partial charge in [-0.3, -0.25) is 0 Å². The Labute approximate surface area is 282 Å². The normalized spacial score (nSPS) is 13.7. The number of hydrogen-bond donors (Lipinski definition) is 0. The van der Waals surface area contributed by atoms with Crippen LogP contribution in [0.25, 0.3) is 99.8 Å². The summed E-state index contributed by atoms with van der Waals surface area (Å²) in [5, 5.41) is 8.32. The molecule has 0 saturated heterocycles. The molecular weight excluding hydrogens is 597 g/mol. The largest absolute Gasteiger partial charge is 0.227 e. The molecule has 7 aromatic carbocycles. The first-order valence-corrected chi connectivity index (χ1v) is 16.8. The van der Waals surface area contributed by atoms with E-state index >= 15 is 0 Å². The van der Waals surface area contributed by atoms with E-state index in [0.29, 0.717) is 17.3 Å². The quantitative estimate of drug-likeness (QED) is 0.180. The van der Waals surface area contributed by atoms with Gasteiger partial charge in [0.2, 0.25) is 0 Å². The molecule has 0 aliphatic heterocycles. The summed E-state index contributed by atoms with van der Waals surface area (Å²) in [4.78, 5) is 20.8. The number of rotatable bonds is 2. The Bertz CT molecular complexity index is 2890. The van der Waals surface area contributed by atoms with Crippen molar-refractivity contribution in [3.8, 4) is 56.4 Å². The van der Waals surface area contributed by atoms with Crippen LogP contribution in [0.3, 0.4) is 0 Å². The highest BCUT2D eigenvalue weighted by molar-refractivity contribution is 6.25. The van der Waals surface area contributed by atoms with Gasteiger partial charge < -0.3 is 0 Å². The van der Waals surface area contributed by atoms with Crippen LogP contribution in [0.2, 0.25) is 0 Å². The number of nitrogens with zero attached hydrogens (tertiary/aromatic N) is 4. The summed E-state index contributed by atoms with van der Waals surface area (Å²) in [5.41, 5.74) is 11.7. The molecule has 2 aromatic heterocycles. The molecule has 0 spiro atoms. The molecule has 0 bridgehead atoms. The molecule has 49 heavy (non-hydrogen) atoms. The summed E-state index contributed by atoms with van der Waals surface area (Å²) in [5.74, 6) is 1.35. The number of benzene rings is 7. The van der Waals surface area contributed by atoms with Crippen LogP contribution in [0, 0.1) is 0 Å². The van der Waals surface area contributed by atoms with Crippen LogP contribution >= 0.6 is 0 Å². The fourth-order valence-corrected chi connectivity index (χ4v) is 8.47. The highest BCUT2D eigenvalue weighted by atomic mass is 15.0. The third-order valence-corrected chi connectivity index (χ3v) is 10.8. The van der Waals surface area contributed by atoms with E-state index in [1.54, 1.807) is 0 Å². The predicted octanol–water partition coefficient (Wildman–Crippen LogP) is 11.2. The molecule has 4 nitrogen and oxygen atoms in total. The average Bonchev–Trinajstić information content (AvgIpc) is 3.60. The molecule has 0 radical (unpaired) electrons. The van der Waals surface area contributed by atoms with Crippen molar-refractivity contribution in [2.24, 2.45) is 0 Å². The first-order valence-electron chi connectivity index (χ1n) is 16.8. The second kappa shape index (κ2) is 9.42. The first-order chi connectivity index (χ1) is 24.0. The highest BCUT2D eigenvalue weighted by Crippen LogP contribution is 2.50. The Hall–Kier alpha value is -6.26. The third kappa shape index (κ3) is 3.58. The zero-order valence-corrected chi connectivity index (χ0v) is 27.0. The molecule has 2 aliphatic rings. The van der Waals surface area contributed by atoms with Gasteiger partial charge in [0.15, 0.2) is 17.3 Å². The van der Waals surface area contributed by atoms with E-state index in [-0.39, 0.29) is 5.41 Å². The van der Waals surface area contributed by atoms with Gasteiger partial charge in [0.1, 0.15) is 0 Å².